The third-order valence-corrected chi connectivity index (χ3v) is 7.26. The summed E-state index contributed by atoms with van der Waals surface area (Å²) in [5, 5.41) is 11.9. The molecule has 10 heteroatoms. The van der Waals surface area contributed by atoms with E-state index in [1.807, 2.05) is 55.1 Å². The van der Waals surface area contributed by atoms with E-state index in [4.69, 9.17) is 23.8 Å². The number of carbonyl (C=O) groups excluding carboxylic acids is 1. The van der Waals surface area contributed by atoms with E-state index in [1.165, 1.54) is 5.06 Å². The van der Waals surface area contributed by atoms with E-state index in [9.17, 15) is 14.7 Å². The second-order valence-electron chi connectivity index (χ2n) is 9.77. The van der Waals surface area contributed by atoms with Crippen molar-refractivity contribution in [1.29, 1.82) is 0 Å². The highest BCUT2D eigenvalue weighted by Gasteiger charge is 2.48. The number of carbonyl (C=O) groups is 2. The average Bonchev–Trinajstić information content (AvgIpc) is 3.55. The van der Waals surface area contributed by atoms with Crippen molar-refractivity contribution >= 4 is 11.9 Å². The molecule has 0 radical (unpaired) electrons. The number of fused-ring (bicyclic) bond motifs is 1. The molecule has 1 amide bonds. The van der Waals surface area contributed by atoms with Gasteiger partial charge in [0.05, 0.1) is 33.3 Å². The van der Waals surface area contributed by atoms with Gasteiger partial charge in [-0.05, 0) is 48.6 Å². The van der Waals surface area contributed by atoms with Crippen LogP contribution in [0.3, 0.4) is 0 Å². The van der Waals surface area contributed by atoms with Crippen LogP contribution in [-0.2, 0) is 20.8 Å². The van der Waals surface area contributed by atoms with Crippen LogP contribution in [0.1, 0.15) is 43.7 Å². The molecule has 0 aliphatic carbocycles. The minimum absolute atomic E-state index is 0.0332. The topological polar surface area (TPSA) is 107 Å². The van der Waals surface area contributed by atoms with E-state index in [-0.39, 0.29) is 19.2 Å². The Morgan fingerprint density at radius 2 is 1.85 bits per heavy atom. The lowest BCUT2D eigenvalue weighted by molar-refractivity contribution is -0.188. The van der Waals surface area contributed by atoms with Gasteiger partial charge in [0.2, 0.25) is 12.5 Å². The number of amides is 1. The molecule has 2 aromatic rings. The van der Waals surface area contributed by atoms with Gasteiger partial charge in [-0.15, -0.1) is 0 Å². The van der Waals surface area contributed by atoms with Crippen LogP contribution < -0.4 is 18.9 Å². The molecule has 0 spiro atoms. The van der Waals surface area contributed by atoms with Gasteiger partial charge in [0.15, 0.2) is 11.5 Å². The van der Waals surface area contributed by atoms with E-state index in [0.717, 1.165) is 24.0 Å². The molecular weight excluding hydrogens is 504 g/mol. The first-order valence-corrected chi connectivity index (χ1v) is 13.4. The molecule has 212 valence electrons. The van der Waals surface area contributed by atoms with Crippen molar-refractivity contribution in [3.05, 3.63) is 47.5 Å². The highest BCUT2D eigenvalue weighted by molar-refractivity contribution is 5.78. The van der Waals surface area contributed by atoms with Gasteiger partial charge in [-0.3, -0.25) is 19.3 Å². The zero-order chi connectivity index (χ0) is 27.9. The molecule has 4 rings (SSSR count). The van der Waals surface area contributed by atoms with Crippen LogP contribution in [0.2, 0.25) is 0 Å². The Bertz CT molecular complexity index is 1160. The standard InChI is InChI=1S/C29H38N2O8/c1-5-11-31(39-12-6-2)26(32)17-30-16-21(20-14-24(36-4)28-25(15-20)37-18-38-28)27(29(33)34)22(30)13-19-9-7-8-10-23(19)35-3/h7-10,14-15,21-22,27H,5-6,11-13,16-18H2,1-4H3,(H,33,34)/t21-,22+,27-/m1/s1. The Morgan fingerprint density at radius 1 is 1.08 bits per heavy atom. The van der Waals surface area contributed by atoms with E-state index in [2.05, 4.69) is 0 Å². The highest BCUT2D eigenvalue weighted by atomic mass is 16.7. The van der Waals surface area contributed by atoms with Crippen molar-refractivity contribution in [2.45, 2.75) is 45.1 Å². The first-order chi connectivity index (χ1) is 18.9. The molecule has 2 aliphatic heterocycles. The van der Waals surface area contributed by atoms with Crippen molar-refractivity contribution in [3.63, 3.8) is 0 Å². The number of carboxylic acids is 1. The molecule has 0 aromatic heterocycles. The number of carboxylic acid groups (broad SMARTS) is 1. The van der Waals surface area contributed by atoms with Crippen molar-refractivity contribution in [2.24, 2.45) is 5.92 Å². The van der Waals surface area contributed by atoms with Crippen LogP contribution >= 0.6 is 0 Å². The largest absolute Gasteiger partial charge is 0.496 e. The predicted molar refractivity (Wildman–Crippen MR) is 143 cm³/mol. The van der Waals surface area contributed by atoms with Gasteiger partial charge in [-0.25, -0.2) is 5.06 Å². The monoisotopic (exact) mass is 542 g/mol. The van der Waals surface area contributed by atoms with Gasteiger partial charge >= 0.3 is 5.97 Å². The summed E-state index contributed by atoms with van der Waals surface area (Å²) in [5.41, 5.74) is 1.64. The van der Waals surface area contributed by atoms with Gasteiger partial charge in [-0.2, -0.15) is 0 Å². The van der Waals surface area contributed by atoms with Crippen LogP contribution in [0, 0.1) is 5.92 Å². The summed E-state index contributed by atoms with van der Waals surface area (Å²) in [6, 6.07) is 10.7. The summed E-state index contributed by atoms with van der Waals surface area (Å²) in [6.45, 7) is 5.34. The minimum atomic E-state index is -0.931. The lowest BCUT2D eigenvalue weighted by Gasteiger charge is -2.29. The van der Waals surface area contributed by atoms with Crippen molar-refractivity contribution in [3.8, 4) is 23.0 Å². The molecule has 0 saturated carbocycles. The van der Waals surface area contributed by atoms with Crippen LogP contribution in [0.4, 0.5) is 0 Å². The summed E-state index contributed by atoms with van der Waals surface area (Å²) in [6.07, 6.45) is 1.93. The normalized spacial score (nSPS) is 20.2. The van der Waals surface area contributed by atoms with Crippen LogP contribution in [0.5, 0.6) is 23.0 Å². The number of aliphatic carboxylic acids is 1. The SMILES string of the molecule is CCCON(CCC)C(=O)CN1C[C@H](c2cc(OC)c3c(c2)OCO3)[C@@H](C(=O)O)[C@@H]1Cc1ccccc1OC. The Hall–Kier alpha value is -3.50. The number of nitrogens with zero attached hydrogens (tertiary/aromatic N) is 2. The van der Waals surface area contributed by atoms with Crippen molar-refractivity contribution in [1.82, 2.24) is 9.96 Å². The smallest absolute Gasteiger partial charge is 0.308 e. The number of hydroxylamine groups is 2. The maximum Gasteiger partial charge on any atom is 0.308 e. The van der Waals surface area contributed by atoms with Gasteiger partial charge < -0.3 is 24.1 Å². The molecule has 1 saturated heterocycles. The fourth-order valence-corrected chi connectivity index (χ4v) is 5.46. The van der Waals surface area contributed by atoms with Gasteiger partial charge in [-0.1, -0.05) is 32.0 Å². The molecule has 39 heavy (non-hydrogen) atoms. The van der Waals surface area contributed by atoms with E-state index in [1.54, 1.807) is 14.2 Å². The molecule has 10 nitrogen and oxygen atoms in total. The highest BCUT2D eigenvalue weighted by Crippen LogP contribution is 2.47. The summed E-state index contributed by atoms with van der Waals surface area (Å²) < 4.78 is 22.3. The van der Waals surface area contributed by atoms with Gasteiger partial charge in [0.1, 0.15) is 5.75 Å². The third-order valence-electron chi connectivity index (χ3n) is 7.26. The average molecular weight is 543 g/mol. The predicted octanol–water partition coefficient (Wildman–Crippen LogP) is 3.72. The Kier molecular flexibility index (Phi) is 9.53. The molecule has 0 unspecified atom stereocenters. The van der Waals surface area contributed by atoms with Crippen molar-refractivity contribution in [2.75, 3.05) is 47.3 Å². The zero-order valence-electron chi connectivity index (χ0n) is 23.1. The van der Waals surface area contributed by atoms with Gasteiger partial charge in [0.25, 0.3) is 5.91 Å². The first-order valence-electron chi connectivity index (χ1n) is 13.4. The first kappa shape index (κ1) is 28.5. The molecular formula is C29H38N2O8. The summed E-state index contributed by atoms with van der Waals surface area (Å²) in [5.74, 6) is -0.151. The Morgan fingerprint density at radius 3 is 2.54 bits per heavy atom. The van der Waals surface area contributed by atoms with E-state index >= 15 is 0 Å². The van der Waals surface area contributed by atoms with E-state index < -0.39 is 23.8 Å². The summed E-state index contributed by atoms with van der Waals surface area (Å²) >= 11 is 0. The molecule has 2 aliphatic rings. The third kappa shape index (κ3) is 6.23. The number of para-hydroxylation sites is 1. The number of hydrogen-bond acceptors (Lipinski definition) is 8. The maximum atomic E-state index is 13.4. The second-order valence-corrected chi connectivity index (χ2v) is 9.77. The molecule has 0 bridgehead atoms. The molecule has 1 N–H and O–H groups in total. The Balaban J connectivity index is 1.71. The fourth-order valence-electron chi connectivity index (χ4n) is 5.46. The number of likely N-dealkylation sites (tertiary alicyclic amines) is 1. The van der Waals surface area contributed by atoms with Crippen LogP contribution in [0.25, 0.3) is 0 Å². The van der Waals surface area contributed by atoms with Crippen LogP contribution in [-0.4, -0.2) is 80.2 Å². The summed E-state index contributed by atoms with van der Waals surface area (Å²) in [4.78, 5) is 34.0. The fraction of sp³-hybridized carbons (Fsp3) is 0.517. The number of methoxy groups -OCH3 is 2. The second kappa shape index (κ2) is 13.0. The van der Waals surface area contributed by atoms with Crippen LogP contribution in [0.15, 0.2) is 36.4 Å². The quantitative estimate of drug-likeness (QED) is 0.379. The lowest BCUT2D eigenvalue weighted by atomic mass is 9.83. The molecule has 2 aromatic carbocycles. The maximum absolute atomic E-state index is 13.4. The van der Waals surface area contributed by atoms with E-state index in [0.29, 0.717) is 49.1 Å². The van der Waals surface area contributed by atoms with Gasteiger partial charge in [0, 0.05) is 25.0 Å². The molecule has 3 atom stereocenters. The van der Waals surface area contributed by atoms with Crippen molar-refractivity contribution < 1.29 is 38.5 Å². The minimum Gasteiger partial charge on any atom is -0.496 e. The molecule has 1 fully saturated rings. The zero-order valence-corrected chi connectivity index (χ0v) is 23.1. The number of hydrogen-bond donors (Lipinski definition) is 1. The Labute approximate surface area is 229 Å². The number of benzene rings is 2. The lowest BCUT2D eigenvalue weighted by Crippen LogP contribution is -2.45. The summed E-state index contributed by atoms with van der Waals surface area (Å²) in [7, 11) is 3.14. The molecule has 2 heterocycles. The number of ether oxygens (including phenoxy) is 4. The number of rotatable bonds is 13.